The maximum atomic E-state index is 12.8. The first-order chi connectivity index (χ1) is 12.0. The summed E-state index contributed by atoms with van der Waals surface area (Å²) in [5.41, 5.74) is 2.07. The SMILES string of the molecule is O=C(NCc1ccc(F)cc1)c1ccc(CN2C(=O)CCC2=O)cc1. The third kappa shape index (κ3) is 4.09. The predicted molar refractivity (Wildman–Crippen MR) is 88.8 cm³/mol. The number of rotatable bonds is 5. The largest absolute Gasteiger partial charge is 0.348 e. The highest BCUT2D eigenvalue weighted by atomic mass is 19.1. The predicted octanol–water partition coefficient (Wildman–Crippen LogP) is 2.40. The van der Waals surface area contributed by atoms with Crippen molar-refractivity contribution in [3.8, 4) is 0 Å². The summed E-state index contributed by atoms with van der Waals surface area (Å²) in [6.07, 6.45) is 0.533. The molecule has 25 heavy (non-hydrogen) atoms. The van der Waals surface area contributed by atoms with Gasteiger partial charge in [-0.15, -0.1) is 0 Å². The third-order valence-corrected chi connectivity index (χ3v) is 4.08. The minimum Gasteiger partial charge on any atom is -0.348 e. The lowest BCUT2D eigenvalue weighted by Crippen LogP contribution is -2.28. The zero-order valence-corrected chi connectivity index (χ0v) is 13.5. The molecule has 2 aromatic carbocycles. The molecule has 1 N–H and O–H groups in total. The Hall–Kier alpha value is -3.02. The number of hydrogen-bond acceptors (Lipinski definition) is 3. The van der Waals surface area contributed by atoms with Gasteiger partial charge in [-0.2, -0.15) is 0 Å². The summed E-state index contributed by atoms with van der Waals surface area (Å²) in [5, 5.41) is 2.76. The Labute approximate surface area is 144 Å². The van der Waals surface area contributed by atoms with Crippen LogP contribution in [0.5, 0.6) is 0 Å². The zero-order chi connectivity index (χ0) is 17.8. The Balaban J connectivity index is 1.57. The molecule has 128 valence electrons. The first-order valence-electron chi connectivity index (χ1n) is 7.98. The van der Waals surface area contributed by atoms with Gasteiger partial charge in [-0.05, 0) is 35.4 Å². The van der Waals surface area contributed by atoms with Gasteiger partial charge in [-0.25, -0.2) is 4.39 Å². The lowest BCUT2D eigenvalue weighted by Gasteiger charge is -2.14. The van der Waals surface area contributed by atoms with Crippen molar-refractivity contribution in [2.75, 3.05) is 0 Å². The minimum absolute atomic E-state index is 0.161. The van der Waals surface area contributed by atoms with Gasteiger partial charge in [0.15, 0.2) is 0 Å². The van der Waals surface area contributed by atoms with E-state index < -0.39 is 0 Å². The number of amides is 3. The number of carbonyl (C=O) groups excluding carboxylic acids is 3. The second-order valence-corrected chi connectivity index (χ2v) is 5.88. The standard InChI is InChI=1S/C19H17FN2O3/c20-16-7-3-13(4-8-16)11-21-19(25)15-5-1-14(2-6-15)12-22-17(23)9-10-18(22)24/h1-8H,9-12H2,(H,21,25). The van der Waals surface area contributed by atoms with Gasteiger partial charge in [0.1, 0.15) is 5.82 Å². The first-order valence-corrected chi connectivity index (χ1v) is 7.98. The van der Waals surface area contributed by atoms with Crippen LogP contribution in [0, 0.1) is 5.82 Å². The van der Waals surface area contributed by atoms with Crippen LogP contribution in [-0.4, -0.2) is 22.6 Å². The van der Waals surface area contributed by atoms with Gasteiger partial charge in [0.25, 0.3) is 5.91 Å². The molecule has 0 bridgehead atoms. The second-order valence-electron chi connectivity index (χ2n) is 5.88. The Morgan fingerprint density at radius 1 is 0.920 bits per heavy atom. The molecule has 0 radical (unpaired) electrons. The van der Waals surface area contributed by atoms with Crippen LogP contribution in [-0.2, 0) is 22.7 Å². The van der Waals surface area contributed by atoms with Crippen LogP contribution in [0.3, 0.4) is 0 Å². The fraction of sp³-hybridized carbons (Fsp3) is 0.211. The normalized spacial score (nSPS) is 14.0. The van der Waals surface area contributed by atoms with Crippen molar-refractivity contribution in [2.45, 2.75) is 25.9 Å². The zero-order valence-electron chi connectivity index (χ0n) is 13.5. The topological polar surface area (TPSA) is 66.5 Å². The molecule has 0 aromatic heterocycles. The van der Waals surface area contributed by atoms with Crippen molar-refractivity contribution < 1.29 is 18.8 Å². The number of hydrogen-bond donors (Lipinski definition) is 1. The Bertz CT molecular complexity index is 784. The molecule has 0 atom stereocenters. The van der Waals surface area contributed by atoms with E-state index in [0.717, 1.165) is 11.1 Å². The quantitative estimate of drug-likeness (QED) is 0.850. The van der Waals surface area contributed by atoms with E-state index in [4.69, 9.17) is 0 Å². The summed E-state index contributed by atoms with van der Waals surface area (Å²) in [7, 11) is 0. The number of nitrogens with one attached hydrogen (secondary N) is 1. The van der Waals surface area contributed by atoms with Crippen molar-refractivity contribution in [3.05, 3.63) is 71.0 Å². The van der Waals surface area contributed by atoms with Crippen LogP contribution in [0.1, 0.15) is 34.3 Å². The molecule has 0 spiro atoms. The van der Waals surface area contributed by atoms with Crippen molar-refractivity contribution in [2.24, 2.45) is 0 Å². The van der Waals surface area contributed by atoms with Gasteiger partial charge in [0, 0.05) is 24.9 Å². The Morgan fingerprint density at radius 3 is 2.08 bits per heavy atom. The second kappa shape index (κ2) is 7.25. The molecule has 0 unspecified atom stereocenters. The molecule has 2 aromatic rings. The molecule has 1 aliphatic heterocycles. The van der Waals surface area contributed by atoms with E-state index in [1.165, 1.54) is 17.0 Å². The maximum absolute atomic E-state index is 12.8. The number of halogens is 1. The molecule has 1 fully saturated rings. The van der Waals surface area contributed by atoms with Gasteiger partial charge >= 0.3 is 0 Å². The van der Waals surface area contributed by atoms with Crippen LogP contribution in [0.15, 0.2) is 48.5 Å². The number of imide groups is 1. The van der Waals surface area contributed by atoms with E-state index in [9.17, 15) is 18.8 Å². The molecule has 3 rings (SSSR count). The van der Waals surface area contributed by atoms with Crippen LogP contribution in [0.25, 0.3) is 0 Å². The average molecular weight is 340 g/mol. The maximum Gasteiger partial charge on any atom is 0.251 e. The lowest BCUT2D eigenvalue weighted by molar-refractivity contribution is -0.139. The van der Waals surface area contributed by atoms with E-state index in [0.29, 0.717) is 12.1 Å². The van der Waals surface area contributed by atoms with E-state index >= 15 is 0 Å². The summed E-state index contributed by atoms with van der Waals surface area (Å²) in [6, 6.07) is 12.7. The van der Waals surface area contributed by atoms with Crippen molar-refractivity contribution >= 4 is 17.7 Å². The van der Waals surface area contributed by atoms with E-state index in [-0.39, 0.29) is 42.9 Å². The van der Waals surface area contributed by atoms with Gasteiger partial charge < -0.3 is 5.32 Å². The summed E-state index contributed by atoms with van der Waals surface area (Å²) in [5.74, 6) is -0.887. The van der Waals surface area contributed by atoms with Crippen LogP contribution >= 0.6 is 0 Å². The molecule has 3 amide bonds. The molecular formula is C19H17FN2O3. The molecule has 1 heterocycles. The third-order valence-electron chi connectivity index (χ3n) is 4.08. The molecular weight excluding hydrogens is 323 g/mol. The number of likely N-dealkylation sites (tertiary alicyclic amines) is 1. The summed E-state index contributed by atoms with van der Waals surface area (Å²) < 4.78 is 12.8. The highest BCUT2D eigenvalue weighted by Crippen LogP contribution is 2.16. The first kappa shape index (κ1) is 16.8. The minimum atomic E-state index is -0.319. The fourth-order valence-electron chi connectivity index (χ4n) is 2.63. The van der Waals surface area contributed by atoms with Gasteiger partial charge in [0.2, 0.25) is 11.8 Å². The number of benzene rings is 2. The molecule has 0 saturated carbocycles. The highest BCUT2D eigenvalue weighted by Gasteiger charge is 2.28. The summed E-state index contributed by atoms with van der Waals surface area (Å²) in [4.78, 5) is 36.6. The average Bonchev–Trinajstić information content (AvgIpc) is 2.93. The molecule has 6 heteroatoms. The van der Waals surface area contributed by atoms with Gasteiger partial charge in [0.05, 0.1) is 6.54 Å². The van der Waals surface area contributed by atoms with Crippen molar-refractivity contribution in [3.63, 3.8) is 0 Å². The summed E-state index contributed by atoms with van der Waals surface area (Å²) >= 11 is 0. The number of carbonyl (C=O) groups is 3. The Kier molecular flexibility index (Phi) is 4.88. The van der Waals surface area contributed by atoms with Gasteiger partial charge in [-0.3, -0.25) is 19.3 Å². The Morgan fingerprint density at radius 2 is 1.48 bits per heavy atom. The molecule has 1 aliphatic rings. The highest BCUT2D eigenvalue weighted by molar-refractivity contribution is 6.01. The van der Waals surface area contributed by atoms with E-state index in [2.05, 4.69) is 5.32 Å². The lowest BCUT2D eigenvalue weighted by atomic mass is 10.1. The van der Waals surface area contributed by atoms with Crippen molar-refractivity contribution in [1.29, 1.82) is 0 Å². The summed E-state index contributed by atoms with van der Waals surface area (Å²) in [6.45, 7) is 0.535. The smallest absolute Gasteiger partial charge is 0.251 e. The molecule has 0 aliphatic carbocycles. The monoisotopic (exact) mass is 340 g/mol. The number of nitrogens with zero attached hydrogens (tertiary/aromatic N) is 1. The molecule has 5 nitrogen and oxygen atoms in total. The van der Waals surface area contributed by atoms with Crippen LogP contribution in [0.2, 0.25) is 0 Å². The van der Waals surface area contributed by atoms with Gasteiger partial charge in [-0.1, -0.05) is 24.3 Å². The van der Waals surface area contributed by atoms with Crippen molar-refractivity contribution in [1.82, 2.24) is 10.2 Å². The van der Waals surface area contributed by atoms with E-state index in [1.54, 1.807) is 36.4 Å². The van der Waals surface area contributed by atoms with Crippen LogP contribution in [0.4, 0.5) is 4.39 Å². The van der Waals surface area contributed by atoms with Crippen LogP contribution < -0.4 is 5.32 Å². The fourth-order valence-corrected chi connectivity index (χ4v) is 2.63. The van der Waals surface area contributed by atoms with E-state index in [1.807, 2.05) is 0 Å². The molecule has 1 saturated heterocycles.